The minimum absolute atomic E-state index is 0.0128. The summed E-state index contributed by atoms with van der Waals surface area (Å²) in [6.45, 7) is 6.52. The van der Waals surface area contributed by atoms with Gasteiger partial charge in [-0.25, -0.2) is 0 Å². The van der Waals surface area contributed by atoms with Gasteiger partial charge in [-0.05, 0) is 36.8 Å². The van der Waals surface area contributed by atoms with Crippen LogP contribution in [0.3, 0.4) is 0 Å². The average Bonchev–Trinajstić information content (AvgIpc) is 2.75. The molecule has 0 radical (unpaired) electrons. The first kappa shape index (κ1) is 12.9. The van der Waals surface area contributed by atoms with Crippen molar-refractivity contribution in [3.63, 3.8) is 0 Å². The fourth-order valence-electron chi connectivity index (χ4n) is 2.33. The topological polar surface area (TPSA) is 9.23 Å². The van der Waals surface area contributed by atoms with E-state index in [1.165, 1.54) is 11.1 Å². The Bertz CT molecular complexity index is 358. The van der Waals surface area contributed by atoms with Gasteiger partial charge in [0.25, 0.3) is 0 Å². The van der Waals surface area contributed by atoms with E-state index in [-0.39, 0.29) is 11.5 Å². The quantitative estimate of drug-likeness (QED) is 0.711. The fraction of sp³-hybridized carbons (Fsp3) is 0.600. The minimum atomic E-state index is -0.0128. The second-order valence-corrected chi connectivity index (χ2v) is 5.76. The van der Waals surface area contributed by atoms with E-state index in [9.17, 15) is 0 Å². The monoisotopic (exact) mass is 252 g/mol. The summed E-state index contributed by atoms with van der Waals surface area (Å²) in [5.74, 6) is 0.570. The van der Waals surface area contributed by atoms with Gasteiger partial charge in [0, 0.05) is 0 Å². The summed E-state index contributed by atoms with van der Waals surface area (Å²) in [5, 5.41) is -0.0128. The molecule has 2 heteroatoms. The molecule has 1 fully saturated rings. The summed E-state index contributed by atoms with van der Waals surface area (Å²) in [6, 6.07) is 8.63. The van der Waals surface area contributed by atoms with Crippen molar-refractivity contribution in [2.75, 3.05) is 0 Å². The van der Waals surface area contributed by atoms with Crippen LogP contribution in [0.15, 0.2) is 24.3 Å². The maximum absolute atomic E-state index is 6.48. The Kier molecular flexibility index (Phi) is 4.11. The standard InChI is InChI=1S/C15H21ClO/c1-10(2)12-5-7-13(8-6-12)15(16)14-9-4-11(3)17-14/h5-8,10-11,14-15H,4,9H2,1-3H3. The van der Waals surface area contributed by atoms with Crippen LogP contribution in [0, 0.1) is 0 Å². The van der Waals surface area contributed by atoms with E-state index in [4.69, 9.17) is 16.3 Å². The highest BCUT2D eigenvalue weighted by atomic mass is 35.5. The number of ether oxygens (including phenoxy) is 1. The maximum atomic E-state index is 6.48. The summed E-state index contributed by atoms with van der Waals surface area (Å²) < 4.78 is 5.82. The smallest absolute Gasteiger partial charge is 0.0847 e. The van der Waals surface area contributed by atoms with Crippen LogP contribution in [0.2, 0.25) is 0 Å². The van der Waals surface area contributed by atoms with Crippen molar-refractivity contribution >= 4 is 11.6 Å². The first-order chi connectivity index (χ1) is 8.08. The highest BCUT2D eigenvalue weighted by Crippen LogP contribution is 2.35. The van der Waals surface area contributed by atoms with Gasteiger partial charge < -0.3 is 4.74 Å². The van der Waals surface area contributed by atoms with Gasteiger partial charge in [0.1, 0.15) is 0 Å². The number of benzene rings is 1. The number of alkyl halides is 1. The molecule has 1 saturated heterocycles. The first-order valence-corrected chi connectivity index (χ1v) is 6.91. The summed E-state index contributed by atoms with van der Waals surface area (Å²) >= 11 is 6.48. The van der Waals surface area contributed by atoms with Gasteiger partial charge in [0.05, 0.1) is 17.6 Å². The molecule has 0 spiro atoms. The summed E-state index contributed by atoms with van der Waals surface area (Å²) in [6.07, 6.45) is 2.73. The van der Waals surface area contributed by atoms with E-state index >= 15 is 0 Å². The molecule has 3 atom stereocenters. The second kappa shape index (κ2) is 5.41. The molecule has 0 bridgehead atoms. The van der Waals surface area contributed by atoms with Gasteiger partial charge in [0.15, 0.2) is 0 Å². The Morgan fingerprint density at radius 3 is 2.18 bits per heavy atom. The molecule has 0 aromatic heterocycles. The Hall–Kier alpha value is -0.530. The zero-order valence-electron chi connectivity index (χ0n) is 10.8. The fourth-order valence-corrected chi connectivity index (χ4v) is 2.66. The van der Waals surface area contributed by atoms with Crippen molar-refractivity contribution in [1.29, 1.82) is 0 Å². The van der Waals surface area contributed by atoms with E-state index in [1.807, 2.05) is 0 Å². The lowest BCUT2D eigenvalue weighted by molar-refractivity contribution is 0.0533. The zero-order chi connectivity index (χ0) is 12.4. The minimum Gasteiger partial charge on any atom is -0.373 e. The molecule has 2 rings (SSSR count). The van der Waals surface area contributed by atoms with Gasteiger partial charge in [-0.3, -0.25) is 0 Å². The second-order valence-electron chi connectivity index (χ2n) is 5.29. The normalized spacial score (nSPS) is 26.4. The van der Waals surface area contributed by atoms with Crippen molar-refractivity contribution in [1.82, 2.24) is 0 Å². The van der Waals surface area contributed by atoms with Crippen LogP contribution in [0.4, 0.5) is 0 Å². The molecule has 1 aliphatic heterocycles. The average molecular weight is 253 g/mol. The van der Waals surface area contributed by atoms with Gasteiger partial charge in [-0.1, -0.05) is 38.1 Å². The van der Waals surface area contributed by atoms with E-state index in [2.05, 4.69) is 45.0 Å². The van der Waals surface area contributed by atoms with Crippen molar-refractivity contribution in [3.05, 3.63) is 35.4 Å². The van der Waals surface area contributed by atoms with Crippen LogP contribution < -0.4 is 0 Å². The van der Waals surface area contributed by atoms with E-state index in [1.54, 1.807) is 0 Å². The van der Waals surface area contributed by atoms with Crippen molar-refractivity contribution < 1.29 is 4.74 Å². The Balaban J connectivity index is 2.06. The lowest BCUT2D eigenvalue weighted by Crippen LogP contribution is -2.14. The molecule has 1 aromatic carbocycles. The molecule has 1 nitrogen and oxygen atoms in total. The van der Waals surface area contributed by atoms with E-state index in [0.717, 1.165) is 12.8 Å². The molecule has 0 N–H and O–H groups in total. The lowest BCUT2D eigenvalue weighted by Gasteiger charge is -2.18. The van der Waals surface area contributed by atoms with Crippen LogP contribution >= 0.6 is 11.6 Å². The molecule has 1 aliphatic rings. The highest BCUT2D eigenvalue weighted by Gasteiger charge is 2.29. The number of hydrogen-bond acceptors (Lipinski definition) is 1. The maximum Gasteiger partial charge on any atom is 0.0847 e. The predicted octanol–water partition coefficient (Wildman–Crippen LogP) is 4.66. The number of halogens is 1. The Labute approximate surface area is 109 Å². The number of hydrogen-bond donors (Lipinski definition) is 0. The third-order valence-electron chi connectivity index (χ3n) is 3.51. The summed E-state index contributed by atoms with van der Waals surface area (Å²) in [4.78, 5) is 0. The van der Waals surface area contributed by atoms with Crippen LogP contribution in [0.25, 0.3) is 0 Å². The molecule has 1 heterocycles. The Morgan fingerprint density at radius 2 is 1.71 bits per heavy atom. The molecular weight excluding hydrogens is 232 g/mol. The molecule has 0 amide bonds. The predicted molar refractivity (Wildman–Crippen MR) is 72.7 cm³/mol. The van der Waals surface area contributed by atoms with Gasteiger partial charge >= 0.3 is 0 Å². The molecule has 94 valence electrons. The largest absolute Gasteiger partial charge is 0.373 e. The summed E-state index contributed by atoms with van der Waals surface area (Å²) in [5.41, 5.74) is 2.54. The molecular formula is C15H21ClO. The molecule has 0 saturated carbocycles. The van der Waals surface area contributed by atoms with Gasteiger partial charge in [-0.15, -0.1) is 11.6 Å². The van der Waals surface area contributed by atoms with Crippen molar-refractivity contribution in [2.45, 2.75) is 57.1 Å². The van der Waals surface area contributed by atoms with Crippen molar-refractivity contribution in [2.24, 2.45) is 0 Å². The third-order valence-corrected chi connectivity index (χ3v) is 4.05. The first-order valence-electron chi connectivity index (χ1n) is 6.47. The highest BCUT2D eigenvalue weighted by molar-refractivity contribution is 6.21. The number of rotatable bonds is 3. The zero-order valence-corrected chi connectivity index (χ0v) is 11.6. The van der Waals surface area contributed by atoms with Crippen LogP contribution in [0.5, 0.6) is 0 Å². The van der Waals surface area contributed by atoms with Gasteiger partial charge in [0.2, 0.25) is 0 Å². The van der Waals surface area contributed by atoms with Gasteiger partial charge in [-0.2, -0.15) is 0 Å². The molecule has 0 aliphatic carbocycles. The van der Waals surface area contributed by atoms with Crippen molar-refractivity contribution in [3.8, 4) is 0 Å². The lowest BCUT2D eigenvalue weighted by atomic mass is 9.99. The van der Waals surface area contributed by atoms with E-state index in [0.29, 0.717) is 12.0 Å². The SMILES string of the molecule is CC1CCC(C(Cl)c2ccc(C(C)C)cc2)O1. The summed E-state index contributed by atoms with van der Waals surface area (Å²) in [7, 11) is 0. The third kappa shape index (κ3) is 3.02. The van der Waals surface area contributed by atoms with Crippen LogP contribution in [-0.4, -0.2) is 12.2 Å². The Morgan fingerprint density at radius 1 is 1.12 bits per heavy atom. The molecule has 1 aromatic rings. The van der Waals surface area contributed by atoms with Crippen LogP contribution in [-0.2, 0) is 4.74 Å². The van der Waals surface area contributed by atoms with Crippen LogP contribution in [0.1, 0.15) is 56.0 Å². The molecule has 3 unspecified atom stereocenters. The molecule has 17 heavy (non-hydrogen) atoms. The van der Waals surface area contributed by atoms with E-state index < -0.39 is 0 Å².